The van der Waals surface area contributed by atoms with Gasteiger partial charge in [0.05, 0.1) is 60.7 Å². The number of nitrogens with one attached hydrogen (secondary N) is 2. The molecule has 4 aliphatic carbocycles. The second-order valence-corrected chi connectivity index (χ2v) is 23.7. The molecule has 0 saturated heterocycles. The molecule has 1 aromatic heterocycles. The number of nitrogens with zero attached hydrogens (tertiary/aromatic N) is 1. The molecule has 3 unspecified atom stereocenters. The van der Waals surface area contributed by atoms with Crippen LogP contribution in [-0.4, -0.2) is 106 Å². The molecule has 2 amide bonds. The maximum Gasteiger partial charge on any atom is 0.266 e. The lowest BCUT2D eigenvalue weighted by Gasteiger charge is -2.63. The summed E-state index contributed by atoms with van der Waals surface area (Å²) in [4.78, 5) is 30.4. The molecule has 7 rings (SSSR count). The van der Waals surface area contributed by atoms with Crippen LogP contribution in [0.15, 0.2) is 66.7 Å². The highest BCUT2D eigenvalue weighted by atomic mass is 32.2. The van der Waals surface area contributed by atoms with Gasteiger partial charge in [-0.05, 0) is 139 Å². The van der Waals surface area contributed by atoms with Crippen molar-refractivity contribution in [2.24, 2.45) is 46.3 Å². The maximum atomic E-state index is 14.0. The first-order valence-corrected chi connectivity index (χ1v) is 27.6. The van der Waals surface area contributed by atoms with E-state index in [0.717, 1.165) is 65.7 Å². The number of pyridine rings is 1. The van der Waals surface area contributed by atoms with Crippen molar-refractivity contribution in [2.45, 2.75) is 148 Å². The average Bonchev–Trinajstić information content (AvgIpc) is 3.68. The van der Waals surface area contributed by atoms with Crippen LogP contribution in [0, 0.1) is 52.2 Å². The van der Waals surface area contributed by atoms with E-state index in [1.54, 1.807) is 12.1 Å². The molecule has 15 heteroatoms. The van der Waals surface area contributed by atoms with Crippen LogP contribution in [0.2, 0.25) is 0 Å². The molecule has 0 radical (unpaired) electrons. The zero-order chi connectivity index (χ0) is 51.3. The fraction of sp³-hybridized carbons (Fsp3) is 0.625. The molecule has 1 heterocycles. The lowest BCUT2D eigenvalue weighted by atomic mass is 9.43. The van der Waals surface area contributed by atoms with Gasteiger partial charge >= 0.3 is 0 Å². The molecular formula is C56H78FN3O10S. The van der Waals surface area contributed by atoms with E-state index in [9.17, 15) is 42.8 Å². The number of hydrogen-bond donors (Lipinski definition) is 7. The van der Waals surface area contributed by atoms with Gasteiger partial charge in [0.15, 0.2) is 0 Å². The van der Waals surface area contributed by atoms with E-state index in [2.05, 4.69) is 45.3 Å². The predicted molar refractivity (Wildman–Crippen MR) is 273 cm³/mol. The third-order valence-corrected chi connectivity index (χ3v) is 18.0. The number of rotatable bonds is 21. The average molecular weight is 1000 g/mol. The van der Waals surface area contributed by atoms with Gasteiger partial charge in [-0.25, -0.2) is 4.39 Å². The Kier molecular flexibility index (Phi) is 18.0. The van der Waals surface area contributed by atoms with Gasteiger partial charge in [0.25, 0.3) is 10.1 Å². The number of carbonyl (C=O) groups excluding carboxylic acids is 2. The van der Waals surface area contributed by atoms with E-state index in [0.29, 0.717) is 25.9 Å². The molecule has 390 valence electrons. The van der Waals surface area contributed by atoms with Crippen LogP contribution >= 0.6 is 0 Å². The van der Waals surface area contributed by atoms with Crippen LogP contribution in [0.4, 0.5) is 4.39 Å². The molecule has 13 nitrogen and oxygen atoms in total. The standard InChI is InChI=1S/C56H78FN3O10S/c1-34(2)54-43(44(36-15-17-39(57)18-16-36)32-48(60-54)37-10-7-6-8-11-37)13-9-12-40(61)30-41(62)31-52(66)58-24-26-70-42-22-23-55(4)38(28-42)29-49(63)53-46-20-19-45(56(46,5)50(64)33-47(53)55)35(3)14-21-51(65)59-25-27-71(67,68)69/h6-11,13,15-18,32,34-35,38,40-42,45-47,49-50,53,61-64H,12,14,19-31,33H2,1-5H3,(H,58,66)(H,59,65)(H,67,68,69)/b13-9+/t35-,38+,40-,41-,42+,45-,46?,47?,49-,50+,53?,55+,56-/m1/s1. The number of fused-ring (bicyclic) bond motifs is 5. The minimum Gasteiger partial charge on any atom is -0.393 e. The van der Waals surface area contributed by atoms with Crippen molar-refractivity contribution in [1.82, 2.24) is 15.6 Å². The van der Waals surface area contributed by atoms with Gasteiger partial charge in [-0.2, -0.15) is 8.42 Å². The zero-order valence-corrected chi connectivity index (χ0v) is 43.0. The summed E-state index contributed by atoms with van der Waals surface area (Å²) >= 11 is 0. The first-order chi connectivity index (χ1) is 33.7. The quantitative estimate of drug-likeness (QED) is 0.0400. The molecule has 71 heavy (non-hydrogen) atoms. The van der Waals surface area contributed by atoms with E-state index >= 15 is 0 Å². The van der Waals surface area contributed by atoms with E-state index in [1.165, 1.54) is 12.1 Å². The Morgan fingerprint density at radius 2 is 1.62 bits per heavy atom. The molecule has 4 aliphatic rings. The predicted octanol–water partition coefficient (Wildman–Crippen LogP) is 8.11. The van der Waals surface area contributed by atoms with E-state index in [4.69, 9.17) is 14.3 Å². The highest BCUT2D eigenvalue weighted by Crippen LogP contribution is 2.68. The second kappa shape index (κ2) is 23.4. The molecule has 13 atom stereocenters. The number of aliphatic hydroxyl groups is 4. The van der Waals surface area contributed by atoms with E-state index < -0.39 is 45.7 Å². The van der Waals surface area contributed by atoms with E-state index in [1.807, 2.05) is 48.6 Å². The van der Waals surface area contributed by atoms with Crippen LogP contribution in [0.1, 0.15) is 129 Å². The van der Waals surface area contributed by atoms with Gasteiger partial charge in [0, 0.05) is 37.1 Å². The number of aromatic nitrogens is 1. The molecule has 4 fully saturated rings. The number of aliphatic hydroxyl groups excluding tert-OH is 4. The Morgan fingerprint density at radius 1 is 0.901 bits per heavy atom. The first-order valence-electron chi connectivity index (χ1n) is 26.0. The molecule has 3 aromatic rings. The lowest BCUT2D eigenvalue weighted by Crippen LogP contribution is -2.62. The maximum absolute atomic E-state index is 14.0. The minimum absolute atomic E-state index is 0.0138. The number of amides is 2. The van der Waals surface area contributed by atoms with Crippen LogP contribution < -0.4 is 10.6 Å². The third-order valence-electron chi connectivity index (χ3n) is 17.3. The van der Waals surface area contributed by atoms with Crippen molar-refractivity contribution in [3.63, 3.8) is 0 Å². The first kappa shape index (κ1) is 54.7. The third kappa shape index (κ3) is 13.0. The summed E-state index contributed by atoms with van der Waals surface area (Å²) in [5.41, 5.74) is 4.78. The summed E-state index contributed by atoms with van der Waals surface area (Å²) < 4.78 is 51.3. The Balaban J connectivity index is 0.854. The Labute approximate surface area is 420 Å². The van der Waals surface area contributed by atoms with Crippen molar-refractivity contribution in [3.05, 3.63) is 83.8 Å². The molecule has 7 N–H and O–H groups in total. The fourth-order valence-corrected chi connectivity index (χ4v) is 13.9. The normalized spacial score (nSPS) is 29.7. The summed E-state index contributed by atoms with van der Waals surface area (Å²) in [6.45, 7) is 11.2. The topological polar surface area (TPSA) is 216 Å². The zero-order valence-electron chi connectivity index (χ0n) is 42.2. The minimum atomic E-state index is -4.15. The lowest BCUT2D eigenvalue weighted by molar-refractivity contribution is -0.209. The van der Waals surface area contributed by atoms with Gasteiger partial charge in [0.2, 0.25) is 11.8 Å². The second-order valence-electron chi connectivity index (χ2n) is 22.1. The Morgan fingerprint density at radius 3 is 2.32 bits per heavy atom. The summed E-state index contributed by atoms with van der Waals surface area (Å²) in [5, 5.41) is 51.1. The Bertz CT molecular complexity index is 2420. The van der Waals surface area contributed by atoms with Crippen LogP contribution in [0.5, 0.6) is 0 Å². The molecule has 0 bridgehead atoms. The van der Waals surface area contributed by atoms with Crippen LogP contribution in [0.3, 0.4) is 0 Å². The Hall–Kier alpha value is -4.09. The van der Waals surface area contributed by atoms with Crippen molar-refractivity contribution in [1.29, 1.82) is 0 Å². The number of ether oxygens (including phenoxy) is 1. The largest absolute Gasteiger partial charge is 0.393 e. The summed E-state index contributed by atoms with van der Waals surface area (Å²) in [5.74, 6) is -0.441. The van der Waals surface area contributed by atoms with Crippen LogP contribution in [-0.2, 0) is 24.4 Å². The highest BCUT2D eigenvalue weighted by molar-refractivity contribution is 7.85. The van der Waals surface area contributed by atoms with Gasteiger partial charge in [0.1, 0.15) is 5.82 Å². The smallest absolute Gasteiger partial charge is 0.266 e. The fourth-order valence-electron chi connectivity index (χ4n) is 13.6. The summed E-state index contributed by atoms with van der Waals surface area (Å²) in [6, 6.07) is 18.3. The van der Waals surface area contributed by atoms with Gasteiger partial charge in [-0.1, -0.05) is 89.2 Å². The van der Waals surface area contributed by atoms with Crippen molar-refractivity contribution in [3.8, 4) is 22.4 Å². The van der Waals surface area contributed by atoms with Crippen molar-refractivity contribution < 1.29 is 52.1 Å². The molecule has 0 aliphatic heterocycles. The number of benzene rings is 2. The van der Waals surface area contributed by atoms with Crippen molar-refractivity contribution >= 4 is 28.0 Å². The SMILES string of the molecule is CC(C)c1nc(-c2ccccc2)cc(-c2ccc(F)cc2)c1/C=C/C[C@@H](O)C[C@@H](O)CC(=O)NCCO[C@H]1CC[C@]2(C)C3C[C@H](O)[C@@]4(C)C(CC[C@@H]4[C@H](C)CCC(=O)NCCS(=O)(=O)O)C3[C@H](O)C[C@@H]2C1. The summed E-state index contributed by atoms with van der Waals surface area (Å²) in [7, 11) is -4.15. The highest BCUT2D eigenvalue weighted by Gasteiger charge is 2.65. The van der Waals surface area contributed by atoms with Gasteiger partial charge in [-0.15, -0.1) is 0 Å². The van der Waals surface area contributed by atoms with E-state index in [-0.39, 0.29) is 109 Å². The van der Waals surface area contributed by atoms with Gasteiger partial charge < -0.3 is 35.8 Å². The van der Waals surface area contributed by atoms with Crippen molar-refractivity contribution in [2.75, 3.05) is 25.4 Å². The van der Waals surface area contributed by atoms with Gasteiger partial charge in [-0.3, -0.25) is 19.1 Å². The number of carbonyl (C=O) groups is 2. The molecule has 0 spiro atoms. The molecule has 2 aromatic carbocycles. The van der Waals surface area contributed by atoms with Crippen LogP contribution in [0.25, 0.3) is 28.5 Å². The number of halogens is 1. The molecular weight excluding hydrogens is 926 g/mol. The number of hydrogen-bond acceptors (Lipinski definition) is 10. The summed E-state index contributed by atoms with van der Waals surface area (Å²) in [6.07, 6.45) is 7.38. The monoisotopic (exact) mass is 1000 g/mol. The molecule has 4 saturated carbocycles.